The molecule has 0 saturated carbocycles. The van der Waals surface area contributed by atoms with Crippen LogP contribution in [0.15, 0.2) is 24.3 Å². The van der Waals surface area contributed by atoms with E-state index in [2.05, 4.69) is 5.32 Å². The summed E-state index contributed by atoms with van der Waals surface area (Å²) in [5.74, 6) is -1.52. The first kappa shape index (κ1) is 18.3. The third-order valence-electron chi connectivity index (χ3n) is 3.60. The van der Waals surface area contributed by atoms with Gasteiger partial charge in [0.1, 0.15) is 0 Å². The molecule has 22 heavy (non-hydrogen) atoms. The first-order chi connectivity index (χ1) is 10.1. The molecule has 0 aromatic heterocycles. The maximum atomic E-state index is 12.1. The normalized spacial score (nSPS) is 12.6. The van der Waals surface area contributed by atoms with Crippen LogP contribution < -0.4 is 5.32 Å². The molecule has 0 aliphatic rings. The lowest BCUT2D eigenvalue weighted by Crippen LogP contribution is -2.45. The van der Waals surface area contributed by atoms with Crippen LogP contribution in [-0.2, 0) is 10.2 Å². The van der Waals surface area contributed by atoms with Crippen molar-refractivity contribution in [2.45, 2.75) is 26.2 Å². The van der Waals surface area contributed by atoms with Crippen molar-refractivity contribution in [2.75, 3.05) is 20.1 Å². The number of carbonyl (C=O) groups excluding carboxylic acids is 1. The van der Waals surface area contributed by atoms with Crippen LogP contribution in [0.2, 0.25) is 5.02 Å². The first-order valence-electron chi connectivity index (χ1n) is 7.12. The number of halogens is 1. The Balaban J connectivity index is 2.63. The molecule has 0 heterocycles. The van der Waals surface area contributed by atoms with E-state index in [1.807, 2.05) is 38.1 Å². The zero-order valence-corrected chi connectivity index (χ0v) is 14.1. The van der Waals surface area contributed by atoms with Gasteiger partial charge < -0.3 is 15.3 Å². The summed E-state index contributed by atoms with van der Waals surface area (Å²) in [6, 6.07) is 7.23. The Morgan fingerprint density at radius 1 is 1.36 bits per heavy atom. The number of rotatable bonds is 6. The number of aliphatic carboxylic acids is 1. The zero-order chi connectivity index (χ0) is 16.9. The zero-order valence-electron chi connectivity index (χ0n) is 13.4. The van der Waals surface area contributed by atoms with Gasteiger partial charge in [0, 0.05) is 30.6 Å². The lowest BCUT2D eigenvalue weighted by Gasteiger charge is -2.28. The van der Waals surface area contributed by atoms with Gasteiger partial charge in [-0.3, -0.25) is 4.79 Å². The fourth-order valence-electron chi connectivity index (χ4n) is 2.11. The number of carboxylic acid groups (broad SMARTS) is 1. The predicted molar refractivity (Wildman–Crippen MR) is 87.3 cm³/mol. The van der Waals surface area contributed by atoms with Gasteiger partial charge in [0.25, 0.3) is 0 Å². The van der Waals surface area contributed by atoms with Crippen LogP contribution in [0.5, 0.6) is 0 Å². The first-order valence-corrected chi connectivity index (χ1v) is 7.49. The Morgan fingerprint density at radius 3 is 2.50 bits per heavy atom. The Kier molecular flexibility index (Phi) is 6.23. The molecular weight excluding hydrogens is 304 g/mol. The summed E-state index contributed by atoms with van der Waals surface area (Å²) in [6.45, 7) is 6.12. The smallest absolute Gasteiger partial charge is 0.317 e. The minimum Gasteiger partial charge on any atom is -0.481 e. The van der Waals surface area contributed by atoms with Crippen molar-refractivity contribution in [3.8, 4) is 0 Å². The third-order valence-corrected chi connectivity index (χ3v) is 3.93. The van der Waals surface area contributed by atoms with Crippen LogP contribution in [0.25, 0.3) is 0 Å². The molecule has 5 nitrogen and oxygen atoms in total. The van der Waals surface area contributed by atoms with E-state index in [9.17, 15) is 9.59 Å². The fraction of sp³-hybridized carbons (Fsp3) is 0.500. The quantitative estimate of drug-likeness (QED) is 0.844. The Morgan fingerprint density at radius 2 is 1.95 bits per heavy atom. The minimum absolute atomic E-state index is 0.160. The topological polar surface area (TPSA) is 69.6 Å². The highest BCUT2D eigenvalue weighted by molar-refractivity contribution is 6.31. The number of benzene rings is 1. The molecule has 0 fully saturated rings. The Hall–Kier alpha value is -1.75. The minimum atomic E-state index is -0.920. The molecule has 6 heteroatoms. The van der Waals surface area contributed by atoms with Gasteiger partial charge in [-0.15, -0.1) is 0 Å². The van der Waals surface area contributed by atoms with Crippen molar-refractivity contribution in [1.29, 1.82) is 0 Å². The van der Waals surface area contributed by atoms with Crippen LogP contribution in [0.3, 0.4) is 0 Å². The summed E-state index contributed by atoms with van der Waals surface area (Å²) < 4.78 is 0. The number of urea groups is 1. The monoisotopic (exact) mass is 326 g/mol. The van der Waals surface area contributed by atoms with Gasteiger partial charge in [-0.1, -0.05) is 50.6 Å². The van der Waals surface area contributed by atoms with Crippen LogP contribution in [0, 0.1) is 5.92 Å². The highest BCUT2D eigenvalue weighted by atomic mass is 35.5. The van der Waals surface area contributed by atoms with E-state index in [-0.39, 0.29) is 18.0 Å². The number of hydrogen-bond acceptors (Lipinski definition) is 2. The van der Waals surface area contributed by atoms with Crippen molar-refractivity contribution in [3.05, 3.63) is 34.9 Å². The number of nitrogens with one attached hydrogen (secondary N) is 1. The molecule has 0 radical (unpaired) electrons. The van der Waals surface area contributed by atoms with E-state index in [1.165, 1.54) is 4.90 Å². The summed E-state index contributed by atoms with van der Waals surface area (Å²) in [4.78, 5) is 24.3. The van der Waals surface area contributed by atoms with E-state index in [1.54, 1.807) is 14.0 Å². The van der Waals surface area contributed by atoms with Gasteiger partial charge in [-0.2, -0.15) is 0 Å². The largest absolute Gasteiger partial charge is 0.481 e. The van der Waals surface area contributed by atoms with Gasteiger partial charge in [-0.05, 0) is 11.6 Å². The number of carboxylic acids is 1. The molecule has 2 amide bonds. The summed E-state index contributed by atoms with van der Waals surface area (Å²) in [5.41, 5.74) is 0.631. The summed E-state index contributed by atoms with van der Waals surface area (Å²) >= 11 is 6.20. The molecule has 122 valence electrons. The van der Waals surface area contributed by atoms with Crippen molar-refractivity contribution in [2.24, 2.45) is 5.92 Å². The summed E-state index contributed by atoms with van der Waals surface area (Å²) in [5, 5.41) is 12.4. The molecule has 0 saturated heterocycles. The van der Waals surface area contributed by atoms with Crippen LogP contribution in [0.4, 0.5) is 4.79 Å². The Labute approximate surface area is 136 Å². The van der Waals surface area contributed by atoms with Crippen molar-refractivity contribution >= 4 is 23.6 Å². The third kappa shape index (κ3) is 4.91. The van der Waals surface area contributed by atoms with E-state index in [0.717, 1.165) is 5.56 Å². The lowest BCUT2D eigenvalue weighted by atomic mass is 9.84. The lowest BCUT2D eigenvalue weighted by molar-refractivity contribution is -0.141. The number of carbonyl (C=O) groups is 2. The van der Waals surface area contributed by atoms with Crippen molar-refractivity contribution in [3.63, 3.8) is 0 Å². The average molecular weight is 327 g/mol. The summed E-state index contributed by atoms with van der Waals surface area (Å²) in [7, 11) is 1.58. The van der Waals surface area contributed by atoms with Gasteiger partial charge in [0.15, 0.2) is 0 Å². The van der Waals surface area contributed by atoms with E-state index in [4.69, 9.17) is 16.7 Å². The molecule has 1 aromatic carbocycles. The molecule has 1 aromatic rings. The SMILES string of the molecule is CC(CN(C)C(=O)NCC(C)(C)c1ccccc1Cl)C(=O)O. The van der Waals surface area contributed by atoms with E-state index >= 15 is 0 Å². The highest BCUT2D eigenvalue weighted by Gasteiger charge is 2.25. The van der Waals surface area contributed by atoms with E-state index in [0.29, 0.717) is 11.6 Å². The number of hydrogen-bond donors (Lipinski definition) is 2. The van der Waals surface area contributed by atoms with Crippen LogP contribution in [-0.4, -0.2) is 42.1 Å². The molecule has 0 aliphatic heterocycles. The average Bonchev–Trinajstić information content (AvgIpc) is 2.44. The standard InChI is InChI=1S/C16H23ClN2O3/c1-11(14(20)21)9-19(4)15(22)18-10-16(2,3)12-7-5-6-8-13(12)17/h5-8,11H,9-10H2,1-4H3,(H,18,22)(H,20,21). The number of amides is 2. The second-order valence-corrected chi connectivity index (χ2v) is 6.55. The molecule has 0 spiro atoms. The van der Waals surface area contributed by atoms with Crippen molar-refractivity contribution < 1.29 is 14.7 Å². The van der Waals surface area contributed by atoms with E-state index < -0.39 is 11.9 Å². The molecule has 1 rings (SSSR count). The van der Waals surface area contributed by atoms with Gasteiger partial charge in [0.05, 0.1) is 5.92 Å². The maximum Gasteiger partial charge on any atom is 0.317 e. The second kappa shape index (κ2) is 7.49. The predicted octanol–water partition coefficient (Wildman–Crippen LogP) is 2.98. The number of nitrogens with zero attached hydrogens (tertiary/aromatic N) is 1. The molecule has 2 N–H and O–H groups in total. The van der Waals surface area contributed by atoms with Gasteiger partial charge in [0.2, 0.25) is 0 Å². The second-order valence-electron chi connectivity index (χ2n) is 6.14. The van der Waals surface area contributed by atoms with Crippen LogP contribution in [0.1, 0.15) is 26.3 Å². The molecule has 1 unspecified atom stereocenters. The van der Waals surface area contributed by atoms with Crippen LogP contribution >= 0.6 is 11.6 Å². The molecule has 1 atom stereocenters. The molecule has 0 aliphatic carbocycles. The molecule has 0 bridgehead atoms. The highest BCUT2D eigenvalue weighted by Crippen LogP contribution is 2.29. The fourth-order valence-corrected chi connectivity index (χ4v) is 2.50. The maximum absolute atomic E-state index is 12.1. The van der Waals surface area contributed by atoms with Gasteiger partial charge in [-0.25, -0.2) is 4.79 Å². The van der Waals surface area contributed by atoms with Crippen molar-refractivity contribution in [1.82, 2.24) is 10.2 Å². The molecular formula is C16H23ClN2O3. The summed E-state index contributed by atoms with van der Waals surface area (Å²) in [6.07, 6.45) is 0. The Bertz CT molecular complexity index is 546. The van der Waals surface area contributed by atoms with Gasteiger partial charge >= 0.3 is 12.0 Å².